The highest BCUT2D eigenvalue weighted by Gasteiger charge is 2.34. The number of rotatable bonds is 14. The third-order valence-electron chi connectivity index (χ3n) is 7.19. The van der Waals surface area contributed by atoms with Crippen molar-refractivity contribution in [1.82, 2.24) is 15.5 Å². The van der Waals surface area contributed by atoms with Crippen LogP contribution in [0.5, 0.6) is 0 Å². The molecule has 47 heavy (non-hydrogen) atoms. The fourth-order valence-electron chi connectivity index (χ4n) is 4.95. The lowest BCUT2D eigenvalue weighted by molar-refractivity contribution is -0.140. The van der Waals surface area contributed by atoms with E-state index in [0.717, 1.165) is 31.0 Å². The number of nitrogens with one attached hydrogen (secondary N) is 2. The van der Waals surface area contributed by atoms with E-state index in [2.05, 4.69) is 26.6 Å². The molecule has 0 aromatic heterocycles. The van der Waals surface area contributed by atoms with Gasteiger partial charge >= 0.3 is 12.4 Å². The summed E-state index contributed by atoms with van der Waals surface area (Å²) in [5.41, 5.74) is -1.75. The molecule has 0 saturated carbocycles. The Morgan fingerprint density at radius 1 is 0.872 bits per heavy atom. The average Bonchev–Trinajstić information content (AvgIpc) is 2.99. The van der Waals surface area contributed by atoms with Gasteiger partial charge in [-0.3, -0.25) is 9.59 Å². The Bertz CT molecular complexity index is 1530. The summed E-state index contributed by atoms with van der Waals surface area (Å²) in [5, 5.41) is 16.5. The minimum absolute atomic E-state index is 0.0395. The van der Waals surface area contributed by atoms with Crippen molar-refractivity contribution in [2.45, 2.75) is 64.2 Å². The minimum atomic E-state index is -4.93. The number of carbonyl (C=O) groups is 2. The zero-order chi connectivity index (χ0) is 34.9. The molecular formula is C33H35BrF7N3O3. The highest BCUT2D eigenvalue weighted by atomic mass is 79.9. The maximum atomic E-state index is 14.4. The van der Waals surface area contributed by atoms with Crippen molar-refractivity contribution in [3.63, 3.8) is 0 Å². The number of benzene rings is 3. The highest BCUT2D eigenvalue weighted by Crippen LogP contribution is 2.32. The third kappa shape index (κ3) is 11.0. The number of aliphatic hydroxyl groups excluding tert-OH is 1. The molecular weight excluding hydrogens is 699 g/mol. The molecule has 0 spiro atoms. The van der Waals surface area contributed by atoms with E-state index in [4.69, 9.17) is 0 Å². The average molecular weight is 735 g/mol. The summed E-state index contributed by atoms with van der Waals surface area (Å²) in [6.07, 6.45) is -9.76. The van der Waals surface area contributed by atoms with E-state index in [1.165, 1.54) is 24.3 Å². The maximum absolute atomic E-state index is 14.4. The van der Waals surface area contributed by atoms with Gasteiger partial charge in [0, 0.05) is 41.8 Å². The van der Waals surface area contributed by atoms with Crippen LogP contribution in [0.4, 0.5) is 30.7 Å². The molecule has 0 aliphatic rings. The monoisotopic (exact) mass is 733 g/mol. The van der Waals surface area contributed by atoms with Crippen LogP contribution in [0.2, 0.25) is 0 Å². The number of aliphatic hydroxyl groups is 1. The summed E-state index contributed by atoms with van der Waals surface area (Å²) in [6, 6.07) is 10.00. The predicted octanol–water partition coefficient (Wildman–Crippen LogP) is 7.38. The molecule has 0 aliphatic carbocycles. The number of hydrogen-bond donors (Lipinski definition) is 3. The Labute approximate surface area is 276 Å². The van der Waals surface area contributed by atoms with Crippen LogP contribution in [0.3, 0.4) is 0 Å². The molecule has 3 rings (SSSR count). The van der Waals surface area contributed by atoms with Gasteiger partial charge in [0.15, 0.2) is 0 Å². The van der Waals surface area contributed by atoms with E-state index in [0.29, 0.717) is 29.7 Å². The smallest absolute Gasteiger partial charge is 0.390 e. The molecule has 0 fully saturated rings. The molecule has 0 saturated heterocycles. The number of alkyl halides is 6. The third-order valence-corrected chi connectivity index (χ3v) is 7.65. The highest BCUT2D eigenvalue weighted by molar-refractivity contribution is 9.10. The van der Waals surface area contributed by atoms with Gasteiger partial charge in [-0.2, -0.15) is 26.3 Å². The van der Waals surface area contributed by atoms with Crippen LogP contribution in [0.1, 0.15) is 69.7 Å². The molecule has 3 aromatic rings. The summed E-state index contributed by atoms with van der Waals surface area (Å²) in [5.74, 6) is -2.55. The van der Waals surface area contributed by atoms with Gasteiger partial charge in [0.05, 0.1) is 23.3 Å². The van der Waals surface area contributed by atoms with Crippen molar-refractivity contribution in [1.29, 1.82) is 0 Å². The molecule has 3 N–H and O–H groups in total. The SMILES string of the molecule is CCCN(CCC)C(=O)c1cc(Br)cc(C(=O)N[C@@H](Cc2ccc(C(F)(F)F)c(F)c2)[C@H](O)CNCc2cccc(C(F)(F)F)c2)c1. The molecule has 6 nitrogen and oxygen atoms in total. The lowest BCUT2D eigenvalue weighted by Gasteiger charge is -2.26. The van der Waals surface area contributed by atoms with Gasteiger partial charge in [-0.05, 0) is 66.8 Å². The number of amides is 2. The summed E-state index contributed by atoms with van der Waals surface area (Å²) >= 11 is 3.32. The topological polar surface area (TPSA) is 81.7 Å². The van der Waals surface area contributed by atoms with Crippen LogP contribution in [-0.2, 0) is 25.3 Å². The minimum Gasteiger partial charge on any atom is -0.390 e. The van der Waals surface area contributed by atoms with Gasteiger partial charge in [-0.1, -0.05) is 54.0 Å². The van der Waals surface area contributed by atoms with E-state index < -0.39 is 47.3 Å². The van der Waals surface area contributed by atoms with Crippen LogP contribution < -0.4 is 10.6 Å². The Morgan fingerprint density at radius 2 is 1.53 bits per heavy atom. The largest absolute Gasteiger partial charge is 0.419 e. The number of hydrogen-bond acceptors (Lipinski definition) is 4. The Kier molecular flexibility index (Phi) is 13.4. The van der Waals surface area contributed by atoms with E-state index in [1.54, 1.807) is 11.0 Å². The standard InChI is InChI=1S/C33H35BrF7N3O3/c1-3-10-44(11-4-2)31(47)23-15-22(16-25(34)17-23)30(46)43-28(14-20-8-9-26(27(35)13-20)33(39,40)41)29(45)19-42-18-21-6-5-7-24(12-21)32(36,37)38/h5-9,12-13,15-17,28-29,42,45H,3-4,10-11,14,18-19H2,1-2H3,(H,43,46)/t28-,29+/m0/s1. The molecule has 0 radical (unpaired) electrons. The van der Waals surface area contributed by atoms with E-state index in [-0.39, 0.29) is 47.7 Å². The zero-order valence-electron chi connectivity index (χ0n) is 25.6. The Balaban J connectivity index is 1.85. The molecule has 0 bridgehead atoms. The van der Waals surface area contributed by atoms with Crippen molar-refractivity contribution in [2.24, 2.45) is 0 Å². The fourth-order valence-corrected chi connectivity index (χ4v) is 5.44. The van der Waals surface area contributed by atoms with Crippen molar-refractivity contribution >= 4 is 27.7 Å². The predicted molar refractivity (Wildman–Crippen MR) is 166 cm³/mol. The van der Waals surface area contributed by atoms with E-state index in [9.17, 15) is 45.4 Å². The van der Waals surface area contributed by atoms with Gasteiger partial charge in [0.1, 0.15) is 5.82 Å². The number of halogens is 8. The summed E-state index contributed by atoms with van der Waals surface area (Å²) in [7, 11) is 0. The van der Waals surface area contributed by atoms with Crippen LogP contribution in [0, 0.1) is 5.82 Å². The molecule has 3 aromatic carbocycles. The lowest BCUT2D eigenvalue weighted by Crippen LogP contribution is -2.48. The lowest BCUT2D eigenvalue weighted by atomic mass is 9.98. The fraction of sp³-hybridized carbons (Fsp3) is 0.394. The number of nitrogens with zero attached hydrogens (tertiary/aromatic N) is 1. The van der Waals surface area contributed by atoms with Gasteiger partial charge in [-0.15, -0.1) is 0 Å². The molecule has 0 heterocycles. The van der Waals surface area contributed by atoms with E-state index >= 15 is 0 Å². The second-order valence-corrected chi connectivity index (χ2v) is 11.9. The summed E-state index contributed by atoms with van der Waals surface area (Å²) in [4.78, 5) is 28.3. The van der Waals surface area contributed by atoms with E-state index in [1.807, 2.05) is 13.8 Å². The molecule has 14 heteroatoms. The van der Waals surface area contributed by atoms with Crippen molar-refractivity contribution in [3.05, 3.63) is 104 Å². The van der Waals surface area contributed by atoms with Crippen LogP contribution in [0.15, 0.2) is 65.1 Å². The van der Waals surface area contributed by atoms with Crippen molar-refractivity contribution in [3.8, 4) is 0 Å². The second-order valence-electron chi connectivity index (χ2n) is 11.0. The van der Waals surface area contributed by atoms with Gasteiger partial charge in [0.2, 0.25) is 0 Å². The molecule has 0 unspecified atom stereocenters. The first-order valence-corrected chi connectivity index (χ1v) is 15.6. The Hall–Kier alpha value is -3.49. The van der Waals surface area contributed by atoms with Crippen LogP contribution >= 0.6 is 15.9 Å². The quantitative estimate of drug-likeness (QED) is 0.151. The molecule has 0 aliphatic heterocycles. The van der Waals surface area contributed by atoms with Gasteiger partial charge in [-0.25, -0.2) is 4.39 Å². The zero-order valence-corrected chi connectivity index (χ0v) is 27.2. The van der Waals surface area contributed by atoms with Crippen LogP contribution in [0.25, 0.3) is 0 Å². The molecule has 256 valence electrons. The maximum Gasteiger partial charge on any atom is 0.419 e. The molecule has 2 amide bonds. The second kappa shape index (κ2) is 16.6. The summed E-state index contributed by atoms with van der Waals surface area (Å²) < 4.78 is 93.4. The first-order valence-electron chi connectivity index (χ1n) is 14.8. The Morgan fingerprint density at radius 3 is 2.13 bits per heavy atom. The number of carbonyl (C=O) groups excluding carboxylic acids is 2. The molecule has 2 atom stereocenters. The first kappa shape index (κ1) is 38.0. The van der Waals surface area contributed by atoms with Gasteiger partial charge < -0.3 is 20.6 Å². The normalized spacial score (nSPS) is 13.3. The first-order chi connectivity index (χ1) is 22.0. The van der Waals surface area contributed by atoms with Crippen molar-refractivity contribution < 1.29 is 45.4 Å². The van der Waals surface area contributed by atoms with Gasteiger partial charge in [0.25, 0.3) is 11.8 Å². The van der Waals surface area contributed by atoms with Crippen molar-refractivity contribution in [2.75, 3.05) is 19.6 Å². The van der Waals surface area contributed by atoms with Crippen LogP contribution in [-0.4, -0.2) is 53.6 Å². The summed E-state index contributed by atoms with van der Waals surface area (Å²) in [6.45, 7) is 4.53.